The Labute approximate surface area is 115 Å². The molecule has 0 saturated carbocycles. The van der Waals surface area contributed by atoms with Crippen molar-refractivity contribution in [1.82, 2.24) is 5.32 Å². The van der Waals surface area contributed by atoms with Gasteiger partial charge in [0.2, 0.25) is 0 Å². The zero-order valence-corrected chi connectivity index (χ0v) is 12.0. The highest BCUT2D eigenvalue weighted by Crippen LogP contribution is 2.29. The van der Waals surface area contributed by atoms with Gasteiger partial charge in [0.1, 0.15) is 5.60 Å². The number of carbonyl (C=O) groups is 1. The number of rotatable bonds is 3. The molecule has 1 aliphatic heterocycles. The molecular formula is C16H23NO2. The Balaban J connectivity index is 2.02. The van der Waals surface area contributed by atoms with E-state index >= 15 is 0 Å². The fraction of sp³-hybridized carbons (Fsp3) is 0.562. The van der Waals surface area contributed by atoms with Gasteiger partial charge in [-0.2, -0.15) is 0 Å². The Hall–Kier alpha value is -1.35. The number of benzene rings is 1. The minimum absolute atomic E-state index is 0.219. The summed E-state index contributed by atoms with van der Waals surface area (Å²) in [6.45, 7) is 8.07. The standard InChI is InChI=1S/C16H23NO2/c1-12-4-6-13(7-5-12)15(18)19-16(2,3)14-8-10-17-11-9-14/h4-7,14,17H,8-11H2,1-3H3. The predicted octanol–water partition coefficient (Wildman–Crippen LogP) is 2.93. The van der Waals surface area contributed by atoms with Crippen LogP contribution in [0.25, 0.3) is 0 Å². The summed E-state index contributed by atoms with van der Waals surface area (Å²) in [5, 5.41) is 3.34. The van der Waals surface area contributed by atoms with Gasteiger partial charge < -0.3 is 10.1 Å². The fourth-order valence-electron chi connectivity index (χ4n) is 2.59. The van der Waals surface area contributed by atoms with Crippen molar-refractivity contribution in [3.8, 4) is 0 Å². The predicted molar refractivity (Wildman–Crippen MR) is 76.3 cm³/mol. The summed E-state index contributed by atoms with van der Waals surface area (Å²) in [7, 11) is 0. The number of ether oxygens (including phenoxy) is 1. The molecule has 1 aliphatic rings. The van der Waals surface area contributed by atoms with Crippen LogP contribution in [0.2, 0.25) is 0 Å². The summed E-state index contributed by atoms with van der Waals surface area (Å²) in [6.07, 6.45) is 2.13. The van der Waals surface area contributed by atoms with Gasteiger partial charge in [0, 0.05) is 5.92 Å². The molecule has 1 N–H and O–H groups in total. The van der Waals surface area contributed by atoms with Crippen LogP contribution in [0.3, 0.4) is 0 Å². The summed E-state index contributed by atoms with van der Waals surface area (Å²) in [5.74, 6) is 0.215. The minimum atomic E-state index is -0.399. The largest absolute Gasteiger partial charge is 0.456 e. The SMILES string of the molecule is Cc1ccc(C(=O)OC(C)(C)C2CCNCC2)cc1. The molecular weight excluding hydrogens is 238 g/mol. The van der Waals surface area contributed by atoms with E-state index in [0.717, 1.165) is 31.5 Å². The lowest BCUT2D eigenvalue weighted by Gasteiger charge is -2.36. The quantitative estimate of drug-likeness (QED) is 0.850. The maximum Gasteiger partial charge on any atom is 0.338 e. The summed E-state index contributed by atoms with van der Waals surface area (Å²) >= 11 is 0. The van der Waals surface area contributed by atoms with Gasteiger partial charge in [0.15, 0.2) is 0 Å². The Morgan fingerprint density at radius 3 is 2.37 bits per heavy atom. The highest BCUT2D eigenvalue weighted by molar-refractivity contribution is 5.89. The minimum Gasteiger partial charge on any atom is -0.456 e. The van der Waals surface area contributed by atoms with Gasteiger partial charge in [-0.1, -0.05) is 17.7 Å². The monoisotopic (exact) mass is 261 g/mol. The van der Waals surface area contributed by atoms with E-state index in [9.17, 15) is 4.79 Å². The molecule has 0 amide bonds. The first-order chi connectivity index (χ1) is 8.99. The number of hydrogen-bond acceptors (Lipinski definition) is 3. The zero-order chi connectivity index (χ0) is 13.9. The third-order valence-corrected chi connectivity index (χ3v) is 3.97. The van der Waals surface area contributed by atoms with Crippen molar-refractivity contribution in [3.05, 3.63) is 35.4 Å². The lowest BCUT2D eigenvalue weighted by atomic mass is 9.83. The van der Waals surface area contributed by atoms with E-state index in [0.29, 0.717) is 11.5 Å². The maximum absolute atomic E-state index is 12.2. The van der Waals surface area contributed by atoms with Crippen LogP contribution < -0.4 is 5.32 Å². The Morgan fingerprint density at radius 2 is 1.79 bits per heavy atom. The van der Waals surface area contributed by atoms with E-state index in [-0.39, 0.29) is 5.97 Å². The zero-order valence-electron chi connectivity index (χ0n) is 12.0. The van der Waals surface area contributed by atoms with Crippen LogP contribution in [-0.2, 0) is 4.74 Å². The molecule has 0 radical (unpaired) electrons. The number of piperidine rings is 1. The second-order valence-electron chi connectivity index (χ2n) is 5.88. The van der Waals surface area contributed by atoms with Crippen molar-refractivity contribution >= 4 is 5.97 Å². The number of hydrogen-bond donors (Lipinski definition) is 1. The summed E-state index contributed by atoms with van der Waals surface area (Å²) < 4.78 is 5.74. The van der Waals surface area contributed by atoms with Crippen LogP contribution in [0.4, 0.5) is 0 Å². The molecule has 0 bridgehead atoms. The molecule has 0 atom stereocenters. The highest BCUT2D eigenvalue weighted by Gasteiger charge is 2.34. The van der Waals surface area contributed by atoms with Gasteiger partial charge in [-0.15, -0.1) is 0 Å². The molecule has 1 aromatic carbocycles. The summed E-state index contributed by atoms with van der Waals surface area (Å²) in [5.41, 5.74) is 1.38. The number of aryl methyl sites for hydroxylation is 1. The van der Waals surface area contributed by atoms with Crippen molar-refractivity contribution < 1.29 is 9.53 Å². The van der Waals surface area contributed by atoms with Gasteiger partial charge >= 0.3 is 5.97 Å². The number of esters is 1. The van der Waals surface area contributed by atoms with Gasteiger partial charge in [0.05, 0.1) is 5.56 Å². The Morgan fingerprint density at radius 1 is 1.21 bits per heavy atom. The first-order valence-electron chi connectivity index (χ1n) is 7.00. The molecule has 0 spiro atoms. The van der Waals surface area contributed by atoms with Crippen LogP contribution in [0, 0.1) is 12.8 Å². The van der Waals surface area contributed by atoms with E-state index in [1.807, 2.05) is 45.0 Å². The summed E-state index contributed by atoms with van der Waals surface area (Å²) in [4.78, 5) is 12.2. The van der Waals surface area contributed by atoms with Crippen molar-refractivity contribution in [2.24, 2.45) is 5.92 Å². The molecule has 104 valence electrons. The Bertz CT molecular complexity index is 431. The molecule has 2 rings (SSSR count). The van der Waals surface area contributed by atoms with E-state index in [1.165, 1.54) is 0 Å². The first kappa shape index (κ1) is 14.1. The molecule has 1 fully saturated rings. The van der Waals surface area contributed by atoms with Gasteiger partial charge in [-0.3, -0.25) is 0 Å². The molecule has 3 heteroatoms. The summed E-state index contributed by atoms with van der Waals surface area (Å²) in [6, 6.07) is 7.54. The lowest BCUT2D eigenvalue weighted by Crippen LogP contribution is -2.42. The van der Waals surface area contributed by atoms with Crippen LogP contribution in [0.1, 0.15) is 42.6 Å². The molecule has 1 aromatic rings. The van der Waals surface area contributed by atoms with Gasteiger partial charge in [-0.05, 0) is 58.8 Å². The fourth-order valence-corrected chi connectivity index (χ4v) is 2.59. The van der Waals surface area contributed by atoms with Crippen molar-refractivity contribution in [2.75, 3.05) is 13.1 Å². The topological polar surface area (TPSA) is 38.3 Å². The van der Waals surface area contributed by atoms with Crippen molar-refractivity contribution in [1.29, 1.82) is 0 Å². The van der Waals surface area contributed by atoms with E-state index in [2.05, 4.69) is 5.32 Å². The smallest absolute Gasteiger partial charge is 0.338 e. The average Bonchev–Trinajstić information content (AvgIpc) is 2.40. The first-order valence-corrected chi connectivity index (χ1v) is 7.00. The second-order valence-corrected chi connectivity index (χ2v) is 5.88. The third-order valence-electron chi connectivity index (χ3n) is 3.97. The van der Waals surface area contributed by atoms with Gasteiger partial charge in [-0.25, -0.2) is 4.79 Å². The average molecular weight is 261 g/mol. The number of nitrogens with one attached hydrogen (secondary N) is 1. The van der Waals surface area contributed by atoms with Crippen molar-refractivity contribution in [3.63, 3.8) is 0 Å². The lowest BCUT2D eigenvalue weighted by molar-refractivity contribution is -0.0368. The third kappa shape index (κ3) is 3.57. The number of carbonyl (C=O) groups excluding carboxylic acids is 1. The molecule has 0 unspecified atom stereocenters. The van der Waals surface area contributed by atoms with Crippen LogP contribution in [0.15, 0.2) is 24.3 Å². The normalized spacial score (nSPS) is 17.2. The molecule has 1 heterocycles. The maximum atomic E-state index is 12.2. The van der Waals surface area contributed by atoms with Gasteiger partial charge in [0.25, 0.3) is 0 Å². The molecule has 0 aromatic heterocycles. The second kappa shape index (κ2) is 5.74. The Kier molecular flexibility index (Phi) is 4.25. The molecule has 1 saturated heterocycles. The molecule has 19 heavy (non-hydrogen) atoms. The molecule has 0 aliphatic carbocycles. The van der Waals surface area contributed by atoms with Crippen LogP contribution >= 0.6 is 0 Å². The van der Waals surface area contributed by atoms with Crippen LogP contribution in [0.5, 0.6) is 0 Å². The molecule has 3 nitrogen and oxygen atoms in total. The van der Waals surface area contributed by atoms with Crippen molar-refractivity contribution in [2.45, 2.75) is 39.2 Å². The highest BCUT2D eigenvalue weighted by atomic mass is 16.6. The van der Waals surface area contributed by atoms with Crippen LogP contribution in [-0.4, -0.2) is 24.7 Å². The van der Waals surface area contributed by atoms with E-state index in [4.69, 9.17) is 4.74 Å². The van der Waals surface area contributed by atoms with E-state index < -0.39 is 5.60 Å². The van der Waals surface area contributed by atoms with E-state index in [1.54, 1.807) is 0 Å².